The second-order valence-electron chi connectivity index (χ2n) is 7.32. The minimum absolute atomic E-state index is 0.213. The molecule has 1 aliphatic heterocycles. The number of carbonyl (C=O) groups excluding carboxylic acids is 2. The highest BCUT2D eigenvalue weighted by Gasteiger charge is 2.41. The average molecular weight is 433 g/mol. The number of benzene rings is 3. The molecule has 31 heavy (non-hydrogen) atoms. The predicted octanol–water partition coefficient (Wildman–Crippen LogP) is 5.36. The monoisotopic (exact) mass is 432 g/mol. The highest BCUT2D eigenvalue weighted by atomic mass is 35.5. The summed E-state index contributed by atoms with van der Waals surface area (Å²) >= 11 is 6.08. The van der Waals surface area contributed by atoms with Crippen LogP contribution >= 0.6 is 11.6 Å². The second kappa shape index (κ2) is 8.28. The molecule has 1 heterocycles. The Balaban J connectivity index is 1.86. The zero-order chi connectivity index (χ0) is 22.1. The van der Waals surface area contributed by atoms with Crippen molar-refractivity contribution in [1.82, 2.24) is 0 Å². The molecule has 0 bridgehead atoms. The van der Waals surface area contributed by atoms with E-state index in [1.807, 2.05) is 38.1 Å². The van der Waals surface area contributed by atoms with E-state index in [4.69, 9.17) is 16.3 Å². The number of imide groups is 1. The summed E-state index contributed by atoms with van der Waals surface area (Å²) in [5.74, 6) is -0.414. The van der Waals surface area contributed by atoms with E-state index in [1.165, 1.54) is 7.11 Å². The van der Waals surface area contributed by atoms with Crippen molar-refractivity contribution in [2.75, 3.05) is 17.3 Å². The van der Waals surface area contributed by atoms with Crippen molar-refractivity contribution in [2.45, 2.75) is 13.8 Å². The SMILES string of the molecule is COc1ccccc1N1C(=O)C(Nc2ccc(Cl)cc2C)=C(c2ccc(C)cc2)C1=O. The van der Waals surface area contributed by atoms with Crippen LogP contribution < -0.4 is 15.0 Å². The fourth-order valence-corrected chi connectivity index (χ4v) is 3.80. The lowest BCUT2D eigenvalue weighted by atomic mass is 10.0. The van der Waals surface area contributed by atoms with Crippen LogP contribution in [-0.4, -0.2) is 18.9 Å². The van der Waals surface area contributed by atoms with Crippen LogP contribution in [0, 0.1) is 13.8 Å². The Kier molecular flexibility index (Phi) is 5.53. The Morgan fingerprint density at radius 3 is 2.29 bits per heavy atom. The maximum atomic E-state index is 13.5. The molecule has 0 atom stereocenters. The maximum absolute atomic E-state index is 13.5. The highest BCUT2D eigenvalue weighted by Crippen LogP contribution is 2.38. The van der Waals surface area contributed by atoms with Crippen molar-refractivity contribution in [3.8, 4) is 5.75 Å². The number of nitrogens with zero attached hydrogens (tertiary/aromatic N) is 1. The van der Waals surface area contributed by atoms with Crippen LogP contribution in [-0.2, 0) is 9.59 Å². The van der Waals surface area contributed by atoms with Gasteiger partial charge in [-0.05, 0) is 55.3 Å². The van der Waals surface area contributed by atoms with Crippen LogP contribution in [0.15, 0.2) is 72.4 Å². The number of carbonyl (C=O) groups is 2. The molecule has 1 N–H and O–H groups in total. The number of ether oxygens (including phenoxy) is 1. The van der Waals surface area contributed by atoms with E-state index in [0.717, 1.165) is 16.0 Å². The van der Waals surface area contributed by atoms with E-state index in [-0.39, 0.29) is 5.70 Å². The predicted molar refractivity (Wildman–Crippen MR) is 123 cm³/mol. The zero-order valence-corrected chi connectivity index (χ0v) is 18.2. The lowest BCUT2D eigenvalue weighted by molar-refractivity contribution is -0.120. The highest BCUT2D eigenvalue weighted by molar-refractivity contribution is 6.46. The lowest BCUT2D eigenvalue weighted by Crippen LogP contribution is -2.32. The number of anilines is 2. The first-order chi connectivity index (χ1) is 14.9. The molecule has 156 valence electrons. The number of amides is 2. The number of hydrogen-bond acceptors (Lipinski definition) is 4. The number of aryl methyl sites for hydroxylation is 2. The Labute approximate surface area is 185 Å². The molecule has 2 amide bonds. The molecule has 0 saturated carbocycles. The van der Waals surface area contributed by atoms with Gasteiger partial charge in [-0.15, -0.1) is 0 Å². The molecule has 0 spiro atoms. The summed E-state index contributed by atoms with van der Waals surface area (Å²) in [4.78, 5) is 28.2. The van der Waals surface area contributed by atoms with Crippen LogP contribution in [0.5, 0.6) is 5.75 Å². The minimum Gasteiger partial charge on any atom is -0.495 e. The standard InChI is InChI=1S/C25H21ClN2O3/c1-15-8-10-17(11-9-15)22-23(27-19-13-12-18(26)14-16(19)2)25(30)28(24(22)29)20-6-4-5-7-21(20)31-3/h4-14,27H,1-3H3. The first-order valence-corrected chi connectivity index (χ1v) is 10.1. The Morgan fingerprint density at radius 2 is 1.61 bits per heavy atom. The summed E-state index contributed by atoms with van der Waals surface area (Å²) in [7, 11) is 1.51. The molecule has 0 aliphatic carbocycles. The second-order valence-corrected chi connectivity index (χ2v) is 7.75. The van der Waals surface area contributed by atoms with Crippen molar-refractivity contribution in [2.24, 2.45) is 0 Å². The van der Waals surface area contributed by atoms with Gasteiger partial charge in [0.2, 0.25) is 0 Å². The molecule has 0 unspecified atom stereocenters. The first-order valence-electron chi connectivity index (χ1n) is 9.77. The largest absolute Gasteiger partial charge is 0.495 e. The van der Waals surface area contributed by atoms with E-state index in [1.54, 1.807) is 42.5 Å². The number of nitrogens with one attached hydrogen (secondary N) is 1. The molecule has 0 radical (unpaired) electrons. The van der Waals surface area contributed by atoms with Gasteiger partial charge in [0.05, 0.1) is 18.4 Å². The van der Waals surface area contributed by atoms with Gasteiger partial charge in [-0.2, -0.15) is 0 Å². The molecule has 4 rings (SSSR count). The molecule has 1 aliphatic rings. The Bertz CT molecular complexity index is 1220. The van der Waals surface area contributed by atoms with Crippen LogP contribution in [0.3, 0.4) is 0 Å². The quantitative estimate of drug-likeness (QED) is 0.551. The third-order valence-electron chi connectivity index (χ3n) is 5.20. The summed E-state index contributed by atoms with van der Waals surface area (Å²) < 4.78 is 5.40. The fourth-order valence-electron chi connectivity index (χ4n) is 3.57. The first kappa shape index (κ1) is 20.7. The number of halogens is 1. The van der Waals surface area contributed by atoms with Gasteiger partial charge in [-0.25, -0.2) is 4.90 Å². The van der Waals surface area contributed by atoms with Crippen LogP contribution in [0.25, 0.3) is 5.57 Å². The topological polar surface area (TPSA) is 58.6 Å². The van der Waals surface area contributed by atoms with Crippen molar-refractivity contribution in [3.63, 3.8) is 0 Å². The van der Waals surface area contributed by atoms with Crippen LogP contribution in [0.2, 0.25) is 5.02 Å². The summed E-state index contributed by atoms with van der Waals surface area (Å²) in [6.07, 6.45) is 0. The summed E-state index contributed by atoms with van der Waals surface area (Å²) in [5.41, 5.74) is 4.21. The van der Waals surface area contributed by atoms with Gasteiger partial charge >= 0.3 is 0 Å². The smallest absolute Gasteiger partial charge is 0.282 e. The van der Waals surface area contributed by atoms with E-state index in [9.17, 15) is 9.59 Å². The van der Waals surface area contributed by atoms with E-state index in [0.29, 0.717) is 33.3 Å². The molecule has 3 aromatic rings. The van der Waals surface area contributed by atoms with E-state index < -0.39 is 11.8 Å². The Morgan fingerprint density at radius 1 is 0.903 bits per heavy atom. The van der Waals surface area contributed by atoms with E-state index >= 15 is 0 Å². The third kappa shape index (κ3) is 3.80. The van der Waals surface area contributed by atoms with Crippen molar-refractivity contribution in [3.05, 3.63) is 94.1 Å². The van der Waals surface area contributed by atoms with Gasteiger partial charge in [0.25, 0.3) is 11.8 Å². The molecule has 6 heteroatoms. The molecule has 3 aromatic carbocycles. The van der Waals surface area contributed by atoms with Crippen molar-refractivity contribution >= 4 is 40.4 Å². The molecular weight excluding hydrogens is 412 g/mol. The lowest BCUT2D eigenvalue weighted by Gasteiger charge is -2.18. The van der Waals surface area contributed by atoms with Gasteiger partial charge in [-0.3, -0.25) is 9.59 Å². The van der Waals surface area contributed by atoms with Gasteiger partial charge < -0.3 is 10.1 Å². The summed E-state index contributed by atoms with van der Waals surface area (Å²) in [5, 5.41) is 3.78. The van der Waals surface area contributed by atoms with Gasteiger partial charge in [-0.1, -0.05) is 53.6 Å². The third-order valence-corrected chi connectivity index (χ3v) is 5.43. The maximum Gasteiger partial charge on any atom is 0.282 e. The fraction of sp³-hybridized carbons (Fsp3) is 0.120. The van der Waals surface area contributed by atoms with Gasteiger partial charge in [0.15, 0.2) is 0 Å². The Hall–Kier alpha value is -3.57. The van der Waals surface area contributed by atoms with Crippen molar-refractivity contribution < 1.29 is 14.3 Å². The van der Waals surface area contributed by atoms with Crippen LogP contribution in [0.4, 0.5) is 11.4 Å². The zero-order valence-electron chi connectivity index (χ0n) is 17.4. The van der Waals surface area contributed by atoms with Gasteiger partial charge in [0.1, 0.15) is 11.4 Å². The summed E-state index contributed by atoms with van der Waals surface area (Å²) in [6, 6.07) is 19.8. The molecule has 0 saturated heterocycles. The molecule has 0 aromatic heterocycles. The average Bonchev–Trinajstić information content (AvgIpc) is 3.00. The van der Waals surface area contributed by atoms with Gasteiger partial charge in [0, 0.05) is 10.7 Å². The number of rotatable bonds is 5. The minimum atomic E-state index is -0.445. The van der Waals surface area contributed by atoms with Crippen LogP contribution in [0.1, 0.15) is 16.7 Å². The number of hydrogen-bond donors (Lipinski definition) is 1. The normalized spacial score (nSPS) is 13.7. The van der Waals surface area contributed by atoms with E-state index in [2.05, 4.69) is 5.32 Å². The molecule has 5 nitrogen and oxygen atoms in total. The molecular formula is C25H21ClN2O3. The number of methoxy groups -OCH3 is 1. The molecule has 0 fully saturated rings. The van der Waals surface area contributed by atoms with Crippen molar-refractivity contribution in [1.29, 1.82) is 0 Å². The number of para-hydroxylation sites is 2. The summed E-state index contributed by atoms with van der Waals surface area (Å²) in [6.45, 7) is 3.86.